The van der Waals surface area contributed by atoms with E-state index in [1.54, 1.807) is 24.1 Å². The Labute approximate surface area is 172 Å². The fourth-order valence-electron chi connectivity index (χ4n) is 3.64. The van der Waals surface area contributed by atoms with Crippen LogP contribution in [0.2, 0.25) is 5.02 Å². The number of oxazole rings is 1. The van der Waals surface area contributed by atoms with Gasteiger partial charge in [0.15, 0.2) is 5.89 Å². The summed E-state index contributed by atoms with van der Waals surface area (Å²) < 4.78 is 5.98. The molecule has 1 fully saturated rings. The van der Waals surface area contributed by atoms with Crippen molar-refractivity contribution in [3.63, 3.8) is 0 Å². The molecule has 0 bridgehead atoms. The van der Waals surface area contributed by atoms with Crippen LogP contribution < -0.4 is 5.69 Å². The molecule has 1 aromatic carbocycles. The number of aromatic amines is 1. The Bertz CT molecular complexity index is 1090. The zero-order chi connectivity index (χ0) is 20.4. The molecular weight excluding hydrogens is 392 g/mol. The van der Waals surface area contributed by atoms with Crippen LogP contribution in [0.4, 0.5) is 0 Å². The van der Waals surface area contributed by atoms with Crippen LogP contribution in [0.15, 0.2) is 45.7 Å². The number of nitrogens with zero attached hydrogens (tertiary/aromatic N) is 3. The molecule has 3 aromatic rings. The molecule has 150 valence electrons. The van der Waals surface area contributed by atoms with Crippen molar-refractivity contribution < 1.29 is 9.21 Å². The number of carbonyl (C=O) groups is 1. The van der Waals surface area contributed by atoms with Crippen molar-refractivity contribution in [3.8, 4) is 0 Å². The van der Waals surface area contributed by atoms with Gasteiger partial charge < -0.3 is 14.3 Å². The summed E-state index contributed by atoms with van der Waals surface area (Å²) in [6.07, 6.45) is 4.01. The predicted octanol–water partition coefficient (Wildman–Crippen LogP) is 3.33. The summed E-state index contributed by atoms with van der Waals surface area (Å²) in [5, 5.41) is 0.695. The van der Waals surface area contributed by atoms with Crippen LogP contribution >= 0.6 is 11.6 Å². The molecule has 1 aliphatic rings. The average Bonchev–Trinajstić information content (AvgIpc) is 3.17. The molecule has 1 aliphatic heterocycles. The van der Waals surface area contributed by atoms with Crippen molar-refractivity contribution in [2.75, 3.05) is 13.1 Å². The van der Waals surface area contributed by atoms with Gasteiger partial charge in [-0.25, -0.2) is 9.78 Å². The second-order valence-electron chi connectivity index (χ2n) is 7.28. The Kier molecular flexibility index (Phi) is 5.49. The van der Waals surface area contributed by atoms with E-state index in [1.165, 1.54) is 0 Å². The van der Waals surface area contributed by atoms with Gasteiger partial charge in [-0.05, 0) is 37.5 Å². The first-order chi connectivity index (χ1) is 14.0. The minimum atomic E-state index is -0.515. The average molecular weight is 413 g/mol. The fraction of sp³-hybridized carbons (Fsp3) is 0.333. The van der Waals surface area contributed by atoms with Gasteiger partial charge in [-0.3, -0.25) is 4.79 Å². The molecule has 1 atom stereocenters. The molecule has 0 radical (unpaired) electrons. The molecule has 1 saturated heterocycles. The Hall–Kier alpha value is -2.93. The van der Waals surface area contributed by atoms with Crippen molar-refractivity contribution in [3.05, 3.63) is 80.6 Å². The number of piperidine rings is 1. The van der Waals surface area contributed by atoms with E-state index < -0.39 is 5.69 Å². The fourth-order valence-corrected chi connectivity index (χ4v) is 3.84. The van der Waals surface area contributed by atoms with E-state index in [-0.39, 0.29) is 17.5 Å². The number of aromatic nitrogens is 3. The SMILES string of the molecule is Cc1cc(C(=O)N2CCCC(c3ncc(Cc4ccccc4Cl)o3)C2)nc(=O)[nH]1. The number of aryl methyl sites for hydroxylation is 1. The highest BCUT2D eigenvalue weighted by molar-refractivity contribution is 6.31. The lowest BCUT2D eigenvalue weighted by Gasteiger charge is -2.31. The van der Waals surface area contributed by atoms with E-state index >= 15 is 0 Å². The number of nitrogens with one attached hydrogen (secondary N) is 1. The minimum Gasteiger partial charge on any atom is -0.445 e. The molecule has 8 heteroatoms. The van der Waals surface area contributed by atoms with Crippen molar-refractivity contribution in [2.45, 2.75) is 32.1 Å². The topological polar surface area (TPSA) is 92.1 Å². The maximum Gasteiger partial charge on any atom is 0.345 e. The maximum atomic E-state index is 12.8. The van der Waals surface area contributed by atoms with Gasteiger partial charge in [0, 0.05) is 30.2 Å². The third-order valence-corrected chi connectivity index (χ3v) is 5.42. The molecule has 1 unspecified atom stereocenters. The summed E-state index contributed by atoms with van der Waals surface area (Å²) in [4.78, 5) is 36.9. The number of hydrogen-bond donors (Lipinski definition) is 1. The zero-order valence-corrected chi connectivity index (χ0v) is 16.8. The second-order valence-corrected chi connectivity index (χ2v) is 7.69. The van der Waals surface area contributed by atoms with Crippen molar-refractivity contribution >= 4 is 17.5 Å². The summed E-state index contributed by atoms with van der Waals surface area (Å²) in [5.74, 6) is 1.13. The summed E-state index contributed by atoms with van der Waals surface area (Å²) >= 11 is 6.23. The lowest BCUT2D eigenvalue weighted by atomic mass is 9.97. The van der Waals surface area contributed by atoms with Gasteiger partial charge in [-0.1, -0.05) is 29.8 Å². The standard InChI is InChI=1S/C21H21ClN4O3/c1-13-9-18(25-21(28)24-13)20(27)26-8-4-6-15(12-26)19-23-11-16(29-19)10-14-5-2-3-7-17(14)22/h2-3,5,7,9,11,15H,4,6,8,10,12H2,1H3,(H,24,25,28). The van der Waals surface area contributed by atoms with Crippen molar-refractivity contribution in [1.29, 1.82) is 0 Å². The smallest absolute Gasteiger partial charge is 0.345 e. The van der Waals surface area contributed by atoms with Crippen molar-refractivity contribution in [2.24, 2.45) is 0 Å². The minimum absolute atomic E-state index is 0.00999. The second kappa shape index (κ2) is 8.21. The third-order valence-electron chi connectivity index (χ3n) is 5.05. The quantitative estimate of drug-likeness (QED) is 0.709. The van der Waals surface area contributed by atoms with E-state index in [2.05, 4.69) is 15.0 Å². The molecule has 4 rings (SSSR count). The molecule has 1 N–H and O–H groups in total. The van der Waals surface area contributed by atoms with E-state index in [9.17, 15) is 9.59 Å². The zero-order valence-electron chi connectivity index (χ0n) is 16.0. The number of H-pyrrole nitrogens is 1. The number of halogens is 1. The highest BCUT2D eigenvalue weighted by Crippen LogP contribution is 2.28. The monoisotopic (exact) mass is 412 g/mol. The summed E-state index contributed by atoms with van der Waals surface area (Å²) in [6, 6.07) is 9.24. The van der Waals surface area contributed by atoms with Gasteiger partial charge >= 0.3 is 5.69 Å². The molecule has 0 aliphatic carbocycles. The Morgan fingerprint density at radius 3 is 3.00 bits per heavy atom. The number of carbonyl (C=O) groups excluding carboxylic acids is 1. The molecule has 1 amide bonds. The molecule has 2 aromatic heterocycles. The van der Waals surface area contributed by atoms with E-state index in [0.717, 1.165) is 24.2 Å². The molecule has 0 spiro atoms. The highest BCUT2D eigenvalue weighted by atomic mass is 35.5. The van der Waals surface area contributed by atoms with Crippen LogP contribution in [0, 0.1) is 6.92 Å². The largest absolute Gasteiger partial charge is 0.445 e. The first-order valence-corrected chi connectivity index (χ1v) is 9.92. The van der Waals surface area contributed by atoms with Crippen LogP contribution in [0.3, 0.4) is 0 Å². The number of rotatable bonds is 4. The van der Waals surface area contributed by atoms with E-state index in [1.807, 2.05) is 24.3 Å². The van der Waals surface area contributed by atoms with Crippen LogP contribution in [0.25, 0.3) is 0 Å². The van der Waals surface area contributed by atoms with E-state index in [0.29, 0.717) is 36.1 Å². The van der Waals surface area contributed by atoms with Crippen LogP contribution in [0.1, 0.15) is 52.2 Å². The van der Waals surface area contributed by atoms with E-state index in [4.69, 9.17) is 16.0 Å². The third kappa shape index (κ3) is 4.40. The van der Waals surface area contributed by atoms with Crippen LogP contribution in [-0.4, -0.2) is 38.8 Å². The lowest BCUT2D eigenvalue weighted by Crippen LogP contribution is -2.40. The first kappa shape index (κ1) is 19.4. The summed E-state index contributed by atoms with van der Waals surface area (Å²) in [7, 11) is 0. The Morgan fingerprint density at radius 1 is 1.38 bits per heavy atom. The summed E-state index contributed by atoms with van der Waals surface area (Å²) in [5.41, 5.74) is 1.24. The number of hydrogen-bond acceptors (Lipinski definition) is 5. The predicted molar refractivity (Wildman–Crippen MR) is 108 cm³/mol. The normalized spacial score (nSPS) is 16.8. The van der Waals surface area contributed by atoms with Gasteiger partial charge in [0.05, 0.1) is 12.1 Å². The molecule has 7 nitrogen and oxygen atoms in total. The van der Waals surface area contributed by atoms with Gasteiger partial charge in [0.2, 0.25) is 0 Å². The number of likely N-dealkylation sites (tertiary alicyclic amines) is 1. The van der Waals surface area contributed by atoms with Gasteiger partial charge in [-0.15, -0.1) is 0 Å². The maximum absolute atomic E-state index is 12.8. The number of amides is 1. The van der Waals surface area contributed by atoms with Gasteiger partial charge in [-0.2, -0.15) is 4.98 Å². The molecular formula is C21H21ClN4O3. The summed E-state index contributed by atoms with van der Waals surface area (Å²) in [6.45, 7) is 2.83. The molecule has 3 heterocycles. The highest BCUT2D eigenvalue weighted by Gasteiger charge is 2.29. The molecule has 29 heavy (non-hydrogen) atoms. The molecule has 0 saturated carbocycles. The Morgan fingerprint density at radius 2 is 2.21 bits per heavy atom. The Balaban J connectivity index is 1.47. The van der Waals surface area contributed by atoms with Gasteiger partial charge in [0.1, 0.15) is 11.5 Å². The number of benzene rings is 1. The van der Waals surface area contributed by atoms with Crippen LogP contribution in [0.5, 0.6) is 0 Å². The van der Waals surface area contributed by atoms with Crippen LogP contribution in [-0.2, 0) is 6.42 Å². The first-order valence-electron chi connectivity index (χ1n) is 9.55. The lowest BCUT2D eigenvalue weighted by molar-refractivity contribution is 0.0691. The van der Waals surface area contributed by atoms with Gasteiger partial charge in [0.25, 0.3) is 5.91 Å². The van der Waals surface area contributed by atoms with Crippen molar-refractivity contribution in [1.82, 2.24) is 19.9 Å².